The number of anilines is 2. The Labute approximate surface area is 120 Å². The molecule has 5 heteroatoms. The molecule has 0 saturated heterocycles. The van der Waals surface area contributed by atoms with Gasteiger partial charge in [-0.2, -0.15) is 0 Å². The third kappa shape index (κ3) is 2.27. The van der Waals surface area contributed by atoms with Gasteiger partial charge in [0, 0.05) is 16.3 Å². The number of rotatable bonds is 2. The zero-order valence-corrected chi connectivity index (χ0v) is 11.3. The first-order valence-corrected chi connectivity index (χ1v) is 6.52. The van der Waals surface area contributed by atoms with Crippen molar-refractivity contribution < 1.29 is 4.79 Å². The molecule has 0 bridgehead atoms. The lowest BCUT2D eigenvalue weighted by Crippen LogP contribution is -2.19. The van der Waals surface area contributed by atoms with E-state index in [-0.39, 0.29) is 5.91 Å². The maximum Gasteiger partial charge on any atom is 0.251 e. The van der Waals surface area contributed by atoms with Gasteiger partial charge in [-0.1, -0.05) is 41.4 Å². The molecule has 0 aliphatic carbocycles. The molecule has 0 aromatic heterocycles. The van der Waals surface area contributed by atoms with E-state index in [0.29, 0.717) is 15.7 Å². The highest BCUT2D eigenvalue weighted by Gasteiger charge is 2.30. The van der Waals surface area contributed by atoms with Crippen LogP contribution in [0.5, 0.6) is 0 Å². The molecule has 1 atom stereocenters. The van der Waals surface area contributed by atoms with Crippen LogP contribution >= 0.6 is 23.2 Å². The molecule has 19 heavy (non-hydrogen) atoms. The molecule has 2 aromatic rings. The van der Waals surface area contributed by atoms with E-state index in [1.54, 1.807) is 18.2 Å². The summed E-state index contributed by atoms with van der Waals surface area (Å²) < 4.78 is 0. The molecular weight excluding hydrogens is 283 g/mol. The lowest BCUT2D eigenvalue weighted by molar-refractivity contribution is -0.116. The van der Waals surface area contributed by atoms with Gasteiger partial charge >= 0.3 is 0 Å². The van der Waals surface area contributed by atoms with Crippen LogP contribution < -0.4 is 10.6 Å². The molecular formula is C14H10Cl2N2O. The second-order valence-electron chi connectivity index (χ2n) is 4.28. The molecule has 2 N–H and O–H groups in total. The van der Waals surface area contributed by atoms with E-state index in [1.165, 1.54) is 0 Å². The van der Waals surface area contributed by atoms with Gasteiger partial charge < -0.3 is 10.6 Å². The third-order valence-corrected chi connectivity index (χ3v) is 3.57. The van der Waals surface area contributed by atoms with Crippen LogP contribution in [0.15, 0.2) is 42.5 Å². The van der Waals surface area contributed by atoms with Crippen molar-refractivity contribution in [1.82, 2.24) is 0 Å². The number of nitrogens with one attached hydrogen (secondary N) is 2. The molecule has 3 nitrogen and oxygen atoms in total. The molecule has 96 valence electrons. The Hall–Kier alpha value is -1.71. The quantitative estimate of drug-likeness (QED) is 0.875. The number of para-hydroxylation sites is 1. The third-order valence-electron chi connectivity index (χ3n) is 3.02. The van der Waals surface area contributed by atoms with Crippen LogP contribution in [0, 0.1) is 0 Å². The number of benzene rings is 2. The summed E-state index contributed by atoms with van der Waals surface area (Å²) in [6.07, 6.45) is 0. The van der Waals surface area contributed by atoms with E-state index in [2.05, 4.69) is 10.6 Å². The molecule has 1 aliphatic rings. The van der Waals surface area contributed by atoms with Crippen molar-refractivity contribution >= 4 is 40.5 Å². The van der Waals surface area contributed by atoms with Crippen molar-refractivity contribution in [3.8, 4) is 0 Å². The summed E-state index contributed by atoms with van der Waals surface area (Å²) in [5.74, 6) is -0.0905. The maximum absolute atomic E-state index is 12.0. The topological polar surface area (TPSA) is 41.1 Å². The second-order valence-corrected chi connectivity index (χ2v) is 5.12. The van der Waals surface area contributed by atoms with Gasteiger partial charge in [-0.3, -0.25) is 4.79 Å². The van der Waals surface area contributed by atoms with Gasteiger partial charge in [0.2, 0.25) is 0 Å². The van der Waals surface area contributed by atoms with Crippen molar-refractivity contribution in [1.29, 1.82) is 0 Å². The van der Waals surface area contributed by atoms with E-state index >= 15 is 0 Å². The van der Waals surface area contributed by atoms with Crippen molar-refractivity contribution in [3.05, 3.63) is 58.1 Å². The minimum absolute atomic E-state index is 0.0905. The molecule has 2 aromatic carbocycles. The van der Waals surface area contributed by atoms with Gasteiger partial charge in [0.05, 0.1) is 10.7 Å². The van der Waals surface area contributed by atoms with Crippen LogP contribution in [0.25, 0.3) is 0 Å². The summed E-state index contributed by atoms with van der Waals surface area (Å²) >= 11 is 12.0. The van der Waals surface area contributed by atoms with Crippen LogP contribution in [-0.4, -0.2) is 5.91 Å². The van der Waals surface area contributed by atoms with Crippen LogP contribution in [0.2, 0.25) is 10.0 Å². The Morgan fingerprint density at radius 3 is 2.68 bits per heavy atom. The number of hydrogen-bond donors (Lipinski definition) is 2. The van der Waals surface area contributed by atoms with E-state index in [9.17, 15) is 4.79 Å². The van der Waals surface area contributed by atoms with E-state index in [1.807, 2.05) is 24.3 Å². The normalized spacial score (nSPS) is 16.9. The zero-order chi connectivity index (χ0) is 13.4. The van der Waals surface area contributed by atoms with Gasteiger partial charge in [0.15, 0.2) is 0 Å². The van der Waals surface area contributed by atoms with Gasteiger partial charge in [-0.15, -0.1) is 0 Å². The zero-order valence-electron chi connectivity index (χ0n) is 9.78. The summed E-state index contributed by atoms with van der Waals surface area (Å²) in [4.78, 5) is 12.0. The standard InChI is InChI=1S/C14H10Cl2N2O/c15-8-5-6-12(10(16)7-8)17-13-9-3-1-2-4-11(9)18-14(13)19/h1-7,13,17H,(H,18,19). The van der Waals surface area contributed by atoms with Gasteiger partial charge in [0.1, 0.15) is 6.04 Å². The monoisotopic (exact) mass is 292 g/mol. The van der Waals surface area contributed by atoms with E-state index in [0.717, 1.165) is 11.3 Å². The minimum Gasteiger partial charge on any atom is -0.369 e. The van der Waals surface area contributed by atoms with Crippen LogP contribution in [0.1, 0.15) is 11.6 Å². The summed E-state index contributed by atoms with van der Waals surface area (Å²) in [5.41, 5.74) is 2.43. The summed E-state index contributed by atoms with van der Waals surface area (Å²) in [7, 11) is 0. The average Bonchev–Trinajstić information content (AvgIpc) is 2.69. The second kappa shape index (κ2) is 4.76. The van der Waals surface area contributed by atoms with Crippen molar-refractivity contribution in [3.63, 3.8) is 0 Å². The first-order chi connectivity index (χ1) is 9.15. The summed E-state index contributed by atoms with van der Waals surface area (Å²) in [6.45, 7) is 0. The Kier molecular flexibility index (Phi) is 3.09. The number of fused-ring (bicyclic) bond motifs is 1. The van der Waals surface area contributed by atoms with E-state index < -0.39 is 6.04 Å². The Morgan fingerprint density at radius 2 is 1.89 bits per heavy atom. The van der Waals surface area contributed by atoms with Crippen LogP contribution in [0.3, 0.4) is 0 Å². The summed E-state index contributed by atoms with van der Waals surface area (Å²) in [5, 5.41) is 7.02. The van der Waals surface area contributed by atoms with Gasteiger partial charge in [0.25, 0.3) is 5.91 Å². The molecule has 0 radical (unpaired) electrons. The van der Waals surface area contributed by atoms with Crippen LogP contribution in [0.4, 0.5) is 11.4 Å². The number of halogens is 2. The van der Waals surface area contributed by atoms with Crippen molar-refractivity contribution in [2.75, 3.05) is 10.6 Å². The Balaban J connectivity index is 1.93. The molecule has 3 rings (SSSR count). The smallest absolute Gasteiger partial charge is 0.251 e. The fourth-order valence-corrected chi connectivity index (χ4v) is 2.58. The van der Waals surface area contributed by atoms with Gasteiger partial charge in [-0.05, 0) is 24.3 Å². The van der Waals surface area contributed by atoms with Crippen LogP contribution in [-0.2, 0) is 4.79 Å². The molecule has 0 spiro atoms. The van der Waals surface area contributed by atoms with Crippen molar-refractivity contribution in [2.45, 2.75) is 6.04 Å². The molecule has 0 fully saturated rings. The minimum atomic E-state index is -0.435. The fourth-order valence-electron chi connectivity index (χ4n) is 2.11. The molecule has 1 heterocycles. The molecule has 1 unspecified atom stereocenters. The lowest BCUT2D eigenvalue weighted by atomic mass is 10.1. The first kappa shape index (κ1) is 12.3. The number of amides is 1. The number of hydrogen-bond acceptors (Lipinski definition) is 2. The van der Waals surface area contributed by atoms with Crippen molar-refractivity contribution in [2.24, 2.45) is 0 Å². The number of carbonyl (C=O) groups excluding carboxylic acids is 1. The SMILES string of the molecule is O=C1Nc2ccccc2C1Nc1ccc(Cl)cc1Cl. The largest absolute Gasteiger partial charge is 0.369 e. The highest BCUT2D eigenvalue weighted by Crippen LogP contribution is 2.35. The highest BCUT2D eigenvalue weighted by atomic mass is 35.5. The van der Waals surface area contributed by atoms with E-state index in [4.69, 9.17) is 23.2 Å². The number of carbonyl (C=O) groups is 1. The Bertz CT molecular complexity index is 658. The molecule has 1 aliphatic heterocycles. The highest BCUT2D eigenvalue weighted by molar-refractivity contribution is 6.36. The Morgan fingerprint density at radius 1 is 1.11 bits per heavy atom. The predicted octanol–water partition coefficient (Wildman–Crippen LogP) is 4.10. The molecule has 1 amide bonds. The average molecular weight is 293 g/mol. The fraction of sp³-hybridized carbons (Fsp3) is 0.0714. The first-order valence-electron chi connectivity index (χ1n) is 5.76. The lowest BCUT2D eigenvalue weighted by Gasteiger charge is -2.14. The molecule has 0 saturated carbocycles. The summed E-state index contributed by atoms with van der Waals surface area (Å²) in [6, 6.07) is 12.3. The predicted molar refractivity (Wildman–Crippen MR) is 77.9 cm³/mol. The van der Waals surface area contributed by atoms with Gasteiger partial charge in [-0.25, -0.2) is 0 Å². The maximum atomic E-state index is 12.0.